The first kappa shape index (κ1) is 29.4. The van der Waals surface area contributed by atoms with E-state index in [4.69, 9.17) is 4.74 Å². The van der Waals surface area contributed by atoms with Crippen molar-refractivity contribution in [3.05, 3.63) is 59.9 Å². The molecule has 8 nitrogen and oxygen atoms in total. The Labute approximate surface area is 225 Å². The van der Waals surface area contributed by atoms with E-state index >= 15 is 0 Å². The van der Waals surface area contributed by atoms with Gasteiger partial charge in [0.05, 0.1) is 18.6 Å². The Bertz CT molecular complexity index is 1180. The molecule has 1 aliphatic rings. The fourth-order valence-electron chi connectivity index (χ4n) is 4.79. The number of amides is 2. The van der Waals surface area contributed by atoms with Crippen LogP contribution < -0.4 is 14.4 Å². The highest BCUT2D eigenvalue weighted by Crippen LogP contribution is 2.30. The zero-order valence-corrected chi connectivity index (χ0v) is 23.2. The topological polar surface area (TPSA) is 96.0 Å². The van der Waals surface area contributed by atoms with Gasteiger partial charge in [0.15, 0.2) is 0 Å². The molecular formula is C28H38FN3O5S. The summed E-state index contributed by atoms with van der Waals surface area (Å²) in [6.45, 7) is 3.43. The van der Waals surface area contributed by atoms with Crippen LogP contribution in [0.5, 0.6) is 5.75 Å². The van der Waals surface area contributed by atoms with E-state index in [9.17, 15) is 22.4 Å². The van der Waals surface area contributed by atoms with Crippen LogP contribution in [0.1, 0.15) is 57.9 Å². The zero-order chi connectivity index (χ0) is 27.7. The summed E-state index contributed by atoms with van der Waals surface area (Å²) in [6, 6.07) is 11.5. The first-order chi connectivity index (χ1) is 18.1. The van der Waals surface area contributed by atoms with Crippen molar-refractivity contribution >= 4 is 27.5 Å². The van der Waals surface area contributed by atoms with Gasteiger partial charge in [-0.2, -0.15) is 0 Å². The van der Waals surface area contributed by atoms with E-state index < -0.39 is 34.3 Å². The number of carbonyl (C=O) groups is 2. The Morgan fingerprint density at radius 1 is 1.05 bits per heavy atom. The van der Waals surface area contributed by atoms with Gasteiger partial charge in [0, 0.05) is 12.6 Å². The molecule has 0 bridgehead atoms. The maximum atomic E-state index is 13.8. The standard InChI is InChI=1S/C28H38FN3O5S/c1-4-24(28(34)30-23-11-7-6-8-12-23)31(19-21-15-17-22(29)18-16-21)27(33)20-32(38(3,35)36)25-13-9-10-14-26(25)37-5-2/h9-10,13-18,23-24H,4-8,11-12,19-20H2,1-3H3,(H,30,34)/t24-/m1/s1. The lowest BCUT2D eigenvalue weighted by molar-refractivity contribution is -0.140. The third-order valence-corrected chi connectivity index (χ3v) is 7.84. The van der Waals surface area contributed by atoms with E-state index in [1.165, 1.54) is 17.0 Å². The summed E-state index contributed by atoms with van der Waals surface area (Å²) in [6.07, 6.45) is 6.38. The summed E-state index contributed by atoms with van der Waals surface area (Å²) < 4.78 is 45.9. The predicted octanol–water partition coefficient (Wildman–Crippen LogP) is 4.25. The summed E-state index contributed by atoms with van der Waals surface area (Å²) in [5.41, 5.74) is 0.871. The molecule has 2 aromatic rings. The van der Waals surface area contributed by atoms with Gasteiger partial charge in [0.2, 0.25) is 21.8 Å². The van der Waals surface area contributed by atoms with Crippen molar-refractivity contribution in [3.63, 3.8) is 0 Å². The molecule has 0 aromatic heterocycles. The van der Waals surface area contributed by atoms with Crippen molar-refractivity contribution in [1.29, 1.82) is 0 Å². The van der Waals surface area contributed by atoms with Crippen LogP contribution in [0.25, 0.3) is 0 Å². The molecule has 208 valence electrons. The Balaban J connectivity index is 1.93. The molecule has 0 aliphatic heterocycles. The van der Waals surface area contributed by atoms with Crippen LogP contribution in [0, 0.1) is 5.82 Å². The van der Waals surface area contributed by atoms with Gasteiger partial charge in [-0.15, -0.1) is 0 Å². The SMILES string of the molecule is CCOc1ccccc1N(CC(=O)N(Cc1ccc(F)cc1)[C@H](CC)C(=O)NC1CCCCC1)S(C)(=O)=O. The van der Waals surface area contributed by atoms with Crippen molar-refractivity contribution in [1.82, 2.24) is 10.2 Å². The molecule has 1 atom stereocenters. The number of nitrogens with zero attached hydrogens (tertiary/aromatic N) is 2. The molecular weight excluding hydrogens is 509 g/mol. The molecule has 2 aromatic carbocycles. The number of halogens is 1. The minimum atomic E-state index is -3.89. The second-order valence-corrected chi connectivity index (χ2v) is 11.5. The lowest BCUT2D eigenvalue weighted by Crippen LogP contribution is -2.54. The lowest BCUT2D eigenvalue weighted by atomic mass is 9.95. The maximum Gasteiger partial charge on any atom is 0.244 e. The highest BCUT2D eigenvalue weighted by Gasteiger charge is 2.33. The Morgan fingerprint density at radius 3 is 2.32 bits per heavy atom. The smallest absolute Gasteiger partial charge is 0.244 e. The van der Waals surface area contributed by atoms with E-state index in [1.54, 1.807) is 43.3 Å². The first-order valence-corrected chi connectivity index (χ1v) is 15.0. The fourth-order valence-corrected chi connectivity index (χ4v) is 5.64. The van der Waals surface area contributed by atoms with Crippen molar-refractivity contribution in [3.8, 4) is 5.75 Å². The van der Waals surface area contributed by atoms with Crippen LogP contribution in [0.15, 0.2) is 48.5 Å². The Hall–Kier alpha value is -3.14. The molecule has 0 spiro atoms. The quantitative estimate of drug-likeness (QED) is 0.429. The maximum absolute atomic E-state index is 13.8. The summed E-state index contributed by atoms with van der Waals surface area (Å²) in [7, 11) is -3.89. The number of hydrogen-bond acceptors (Lipinski definition) is 5. The van der Waals surface area contributed by atoms with Gasteiger partial charge in [0.1, 0.15) is 24.2 Å². The Kier molecular flexibility index (Phi) is 10.5. The van der Waals surface area contributed by atoms with Gasteiger partial charge in [-0.05, 0) is 56.0 Å². The monoisotopic (exact) mass is 547 g/mol. The third kappa shape index (κ3) is 7.93. The summed E-state index contributed by atoms with van der Waals surface area (Å²) in [5, 5.41) is 3.10. The summed E-state index contributed by atoms with van der Waals surface area (Å²) >= 11 is 0. The molecule has 0 radical (unpaired) electrons. The third-order valence-electron chi connectivity index (χ3n) is 6.72. The number of anilines is 1. The molecule has 1 saturated carbocycles. The highest BCUT2D eigenvalue weighted by molar-refractivity contribution is 7.92. The van der Waals surface area contributed by atoms with Gasteiger partial charge in [-0.25, -0.2) is 12.8 Å². The fraction of sp³-hybridized carbons (Fsp3) is 0.500. The summed E-state index contributed by atoms with van der Waals surface area (Å²) in [4.78, 5) is 28.6. The molecule has 1 N–H and O–H groups in total. The number of rotatable bonds is 12. The lowest BCUT2D eigenvalue weighted by Gasteiger charge is -2.34. The molecule has 38 heavy (non-hydrogen) atoms. The number of ether oxygens (including phenoxy) is 1. The largest absolute Gasteiger partial charge is 0.492 e. The number of nitrogens with one attached hydrogen (secondary N) is 1. The molecule has 2 amide bonds. The number of para-hydroxylation sites is 2. The molecule has 3 rings (SSSR count). The van der Waals surface area contributed by atoms with Gasteiger partial charge in [-0.3, -0.25) is 13.9 Å². The normalized spacial score (nSPS) is 14.9. The van der Waals surface area contributed by atoms with Gasteiger partial charge < -0.3 is 15.0 Å². The highest BCUT2D eigenvalue weighted by atomic mass is 32.2. The molecule has 1 aliphatic carbocycles. The zero-order valence-electron chi connectivity index (χ0n) is 22.4. The summed E-state index contributed by atoms with van der Waals surface area (Å²) in [5.74, 6) is -0.892. The molecule has 0 heterocycles. The number of sulfonamides is 1. The number of hydrogen-bond donors (Lipinski definition) is 1. The van der Waals surface area contributed by atoms with Crippen molar-refractivity contribution in [2.75, 3.05) is 23.7 Å². The van der Waals surface area contributed by atoms with Crippen molar-refractivity contribution in [2.24, 2.45) is 0 Å². The van der Waals surface area contributed by atoms with Crippen LogP contribution in [0.3, 0.4) is 0 Å². The van der Waals surface area contributed by atoms with Crippen molar-refractivity contribution < 1.29 is 27.1 Å². The number of carbonyl (C=O) groups excluding carboxylic acids is 2. The van der Waals surface area contributed by atoms with Crippen LogP contribution in [0.2, 0.25) is 0 Å². The van der Waals surface area contributed by atoms with Crippen LogP contribution in [-0.2, 0) is 26.2 Å². The molecule has 1 fully saturated rings. The average Bonchev–Trinajstić information content (AvgIpc) is 2.89. The minimum absolute atomic E-state index is 0.0282. The van der Waals surface area contributed by atoms with Gasteiger partial charge in [0.25, 0.3) is 0 Å². The van der Waals surface area contributed by atoms with E-state index in [0.29, 0.717) is 24.3 Å². The van der Waals surface area contributed by atoms with E-state index in [1.807, 2.05) is 6.92 Å². The first-order valence-electron chi connectivity index (χ1n) is 13.2. The predicted molar refractivity (Wildman–Crippen MR) is 146 cm³/mol. The van der Waals surface area contributed by atoms with E-state index in [0.717, 1.165) is 42.7 Å². The second-order valence-electron chi connectivity index (χ2n) is 9.59. The molecule has 0 saturated heterocycles. The second kappa shape index (κ2) is 13.6. The minimum Gasteiger partial charge on any atom is -0.492 e. The van der Waals surface area contributed by atoms with Crippen LogP contribution in [-0.4, -0.2) is 56.6 Å². The molecule has 0 unspecified atom stereocenters. The Morgan fingerprint density at radius 2 is 1.71 bits per heavy atom. The van der Waals surface area contributed by atoms with E-state index in [-0.39, 0.29) is 24.2 Å². The van der Waals surface area contributed by atoms with Gasteiger partial charge >= 0.3 is 0 Å². The van der Waals surface area contributed by atoms with Crippen LogP contribution in [0.4, 0.5) is 10.1 Å². The number of benzene rings is 2. The molecule has 10 heteroatoms. The average molecular weight is 548 g/mol. The van der Waals surface area contributed by atoms with Gasteiger partial charge in [-0.1, -0.05) is 50.5 Å². The van der Waals surface area contributed by atoms with Crippen molar-refractivity contribution in [2.45, 2.75) is 71.0 Å². The van der Waals surface area contributed by atoms with E-state index in [2.05, 4.69) is 5.32 Å². The van der Waals surface area contributed by atoms with Crippen LogP contribution >= 0.6 is 0 Å².